The molecule has 7 nitrogen and oxygen atoms in total. The molecule has 1 aromatic heterocycles. The third-order valence-corrected chi connectivity index (χ3v) is 8.95. The fourth-order valence-electron chi connectivity index (χ4n) is 6.71. The van der Waals surface area contributed by atoms with Crippen molar-refractivity contribution >= 4 is 28.9 Å². The molecule has 1 amide bonds. The molecule has 2 aliphatic rings. The van der Waals surface area contributed by atoms with Crippen molar-refractivity contribution in [2.45, 2.75) is 55.8 Å². The van der Waals surface area contributed by atoms with E-state index in [1.807, 2.05) is 48.7 Å². The molecular formula is C31H38ClN3O4. The minimum absolute atomic E-state index is 0.0239. The largest absolute Gasteiger partial charge is 0.385 e. The molecule has 0 bridgehead atoms. The monoisotopic (exact) mass is 551 g/mol. The first-order valence-corrected chi connectivity index (χ1v) is 14.2. The van der Waals surface area contributed by atoms with Crippen molar-refractivity contribution in [3.8, 4) is 11.1 Å². The Balaban J connectivity index is 1.71. The fourth-order valence-corrected chi connectivity index (χ4v) is 6.99. The van der Waals surface area contributed by atoms with E-state index in [0.29, 0.717) is 43.2 Å². The first kappa shape index (κ1) is 28.0. The van der Waals surface area contributed by atoms with Gasteiger partial charge in [-0.1, -0.05) is 41.9 Å². The second-order valence-electron chi connectivity index (χ2n) is 11.0. The lowest BCUT2D eigenvalue weighted by Crippen LogP contribution is -2.66. The summed E-state index contributed by atoms with van der Waals surface area (Å²) in [6, 6.07) is 15.7. The molecule has 1 saturated carbocycles. The molecule has 1 aliphatic carbocycles. The van der Waals surface area contributed by atoms with Crippen molar-refractivity contribution in [1.82, 2.24) is 9.88 Å². The Bertz CT molecular complexity index is 1310. The molecular weight excluding hydrogens is 514 g/mol. The van der Waals surface area contributed by atoms with Gasteiger partial charge in [-0.15, -0.1) is 0 Å². The zero-order chi connectivity index (χ0) is 27.5. The number of morpholine rings is 1. The van der Waals surface area contributed by atoms with Gasteiger partial charge in [0.15, 0.2) is 0 Å². The Labute approximate surface area is 235 Å². The van der Waals surface area contributed by atoms with Crippen molar-refractivity contribution < 1.29 is 19.4 Å². The normalized spacial score (nSPS) is 25.1. The molecule has 0 spiro atoms. The average molecular weight is 552 g/mol. The number of aromatic nitrogens is 1. The van der Waals surface area contributed by atoms with Gasteiger partial charge in [-0.25, -0.2) is 0 Å². The minimum Gasteiger partial charge on any atom is -0.385 e. The van der Waals surface area contributed by atoms with Crippen molar-refractivity contribution in [2.75, 3.05) is 33.4 Å². The summed E-state index contributed by atoms with van der Waals surface area (Å²) in [5.41, 5.74) is 7.05. The number of ether oxygens (including phenoxy) is 2. The second-order valence-corrected chi connectivity index (χ2v) is 11.4. The Morgan fingerprint density at radius 1 is 1.26 bits per heavy atom. The highest BCUT2D eigenvalue weighted by Gasteiger charge is 2.60. The van der Waals surface area contributed by atoms with E-state index in [2.05, 4.69) is 6.07 Å². The quantitative estimate of drug-likeness (QED) is 0.274. The Morgan fingerprint density at radius 2 is 2.10 bits per heavy atom. The topological polar surface area (TPSA) is 97.9 Å². The van der Waals surface area contributed by atoms with Crippen LogP contribution in [0.3, 0.4) is 0 Å². The molecule has 4 atom stereocenters. The van der Waals surface area contributed by atoms with Crippen LogP contribution in [-0.4, -0.2) is 66.5 Å². The summed E-state index contributed by atoms with van der Waals surface area (Å²) < 4.78 is 12.0. The number of hydrogen-bond acceptors (Lipinski definition) is 6. The lowest BCUT2D eigenvalue weighted by Gasteiger charge is -2.55. The number of pyridine rings is 1. The number of halogens is 1. The average Bonchev–Trinajstić information content (AvgIpc) is 3.41. The zero-order valence-electron chi connectivity index (χ0n) is 22.5. The number of carbonyl (C=O) groups excluding carboxylic acids is 1. The number of unbranched alkanes of at least 4 members (excludes halogenated alkanes) is 1. The number of nitrogens with zero attached hydrogens (tertiary/aromatic N) is 2. The van der Waals surface area contributed by atoms with Crippen LogP contribution in [0, 0.1) is 5.92 Å². The van der Waals surface area contributed by atoms with E-state index in [0.717, 1.165) is 54.1 Å². The highest BCUT2D eigenvalue weighted by molar-refractivity contribution is 6.33. The number of amides is 1. The lowest BCUT2D eigenvalue weighted by atomic mass is 9.65. The SMILES string of the molecule is COCCCC[C@@](O)(c1cccc(Cl)c1-c1cnc2ccccc2c1)[C@@]1([C@@H]2CC[C@H](N)C2)CN(C=O)CCO1. The smallest absolute Gasteiger partial charge is 0.209 e. The number of para-hydroxylation sites is 1. The molecule has 5 rings (SSSR count). The molecule has 2 aromatic carbocycles. The molecule has 208 valence electrons. The number of fused-ring (bicyclic) bond motifs is 1. The maximum atomic E-state index is 13.2. The first-order chi connectivity index (χ1) is 18.9. The number of carbonyl (C=O) groups is 1. The van der Waals surface area contributed by atoms with Gasteiger partial charge in [0.1, 0.15) is 11.2 Å². The third-order valence-electron chi connectivity index (χ3n) is 8.63. The molecule has 1 aliphatic heterocycles. The van der Waals surface area contributed by atoms with Gasteiger partial charge in [0, 0.05) is 54.0 Å². The van der Waals surface area contributed by atoms with E-state index in [4.69, 9.17) is 31.8 Å². The summed E-state index contributed by atoms with van der Waals surface area (Å²) in [7, 11) is 1.68. The van der Waals surface area contributed by atoms with Gasteiger partial charge in [0.25, 0.3) is 0 Å². The predicted molar refractivity (Wildman–Crippen MR) is 153 cm³/mol. The number of rotatable bonds is 10. The van der Waals surface area contributed by atoms with Crippen molar-refractivity contribution in [3.05, 3.63) is 65.3 Å². The molecule has 0 radical (unpaired) electrons. The van der Waals surface area contributed by atoms with E-state index in [1.165, 1.54) is 0 Å². The van der Waals surface area contributed by atoms with Gasteiger partial charge < -0.3 is 25.2 Å². The number of aliphatic hydroxyl groups is 1. The van der Waals surface area contributed by atoms with Gasteiger partial charge >= 0.3 is 0 Å². The fraction of sp³-hybridized carbons (Fsp3) is 0.484. The summed E-state index contributed by atoms with van der Waals surface area (Å²) >= 11 is 6.94. The molecule has 3 aromatic rings. The Kier molecular flexibility index (Phi) is 8.55. The van der Waals surface area contributed by atoms with E-state index in [1.54, 1.807) is 12.0 Å². The summed E-state index contributed by atoms with van der Waals surface area (Å²) in [6.45, 7) is 1.71. The molecule has 0 unspecified atom stereocenters. The summed E-state index contributed by atoms with van der Waals surface area (Å²) in [4.78, 5) is 18.5. The van der Waals surface area contributed by atoms with E-state index < -0.39 is 11.2 Å². The molecule has 3 N–H and O–H groups in total. The predicted octanol–water partition coefficient (Wildman–Crippen LogP) is 4.91. The van der Waals surface area contributed by atoms with Crippen LogP contribution in [-0.2, 0) is 19.9 Å². The van der Waals surface area contributed by atoms with Crippen LogP contribution in [0.1, 0.15) is 44.1 Å². The highest BCUT2D eigenvalue weighted by atomic mass is 35.5. The first-order valence-electron chi connectivity index (χ1n) is 13.9. The van der Waals surface area contributed by atoms with Crippen LogP contribution in [0.2, 0.25) is 5.02 Å². The number of nitrogens with two attached hydrogens (primary N) is 1. The van der Waals surface area contributed by atoms with Crippen LogP contribution >= 0.6 is 11.6 Å². The van der Waals surface area contributed by atoms with Crippen molar-refractivity contribution in [2.24, 2.45) is 11.7 Å². The summed E-state index contributed by atoms with van der Waals surface area (Å²) in [6.07, 6.45) is 6.99. The van der Waals surface area contributed by atoms with Crippen LogP contribution in [0.25, 0.3) is 22.0 Å². The van der Waals surface area contributed by atoms with Crippen molar-refractivity contribution in [3.63, 3.8) is 0 Å². The maximum absolute atomic E-state index is 13.2. The number of methoxy groups -OCH3 is 1. The van der Waals surface area contributed by atoms with Gasteiger partial charge in [0.05, 0.1) is 18.7 Å². The van der Waals surface area contributed by atoms with E-state index in [9.17, 15) is 9.90 Å². The maximum Gasteiger partial charge on any atom is 0.209 e. The molecule has 1 saturated heterocycles. The van der Waals surface area contributed by atoms with Gasteiger partial charge in [-0.2, -0.15) is 0 Å². The van der Waals surface area contributed by atoms with Gasteiger partial charge in [-0.3, -0.25) is 9.78 Å². The molecule has 2 fully saturated rings. The standard InChI is InChI=1S/C31H38ClN3O4/c1-38-15-5-4-13-30(37,31(24-11-12-25(33)18-24)20-35(21-36)14-16-39-31)26-8-6-9-27(32)29(26)23-17-22-7-2-3-10-28(22)34-19-23/h2-3,6-10,17,19,21,24-25,37H,4-5,11-16,18,20,33H2,1H3/t24-,25+,30-,31+/m1/s1. The van der Waals surface area contributed by atoms with Crippen molar-refractivity contribution in [1.29, 1.82) is 0 Å². The summed E-state index contributed by atoms with van der Waals surface area (Å²) in [5.74, 6) is -0.0239. The van der Waals surface area contributed by atoms with Gasteiger partial charge in [0.2, 0.25) is 6.41 Å². The van der Waals surface area contributed by atoms with Gasteiger partial charge in [-0.05, 0) is 68.2 Å². The van der Waals surface area contributed by atoms with Crippen LogP contribution < -0.4 is 5.73 Å². The Morgan fingerprint density at radius 3 is 2.87 bits per heavy atom. The van der Waals surface area contributed by atoms with Crippen LogP contribution in [0.4, 0.5) is 0 Å². The highest BCUT2D eigenvalue weighted by Crippen LogP contribution is 2.53. The minimum atomic E-state index is -1.46. The van der Waals surface area contributed by atoms with E-state index >= 15 is 0 Å². The molecule has 2 heterocycles. The summed E-state index contributed by atoms with van der Waals surface area (Å²) in [5, 5.41) is 14.7. The Hall–Kier alpha value is -2.55. The molecule has 39 heavy (non-hydrogen) atoms. The third kappa shape index (κ3) is 5.31. The lowest BCUT2D eigenvalue weighted by molar-refractivity contribution is -0.246. The number of hydrogen-bond donors (Lipinski definition) is 2. The van der Waals surface area contributed by atoms with E-state index in [-0.39, 0.29) is 18.5 Å². The molecule has 8 heteroatoms. The van der Waals surface area contributed by atoms with Crippen LogP contribution in [0.15, 0.2) is 54.7 Å². The zero-order valence-corrected chi connectivity index (χ0v) is 23.3. The van der Waals surface area contributed by atoms with Crippen LogP contribution in [0.5, 0.6) is 0 Å². The second kappa shape index (κ2) is 11.9. The number of benzene rings is 2.